The van der Waals surface area contributed by atoms with Gasteiger partial charge < -0.3 is 15.4 Å². The number of amides is 1. The van der Waals surface area contributed by atoms with E-state index in [0.717, 1.165) is 24.4 Å². The number of hydrogen-bond donors (Lipinski definition) is 2. The lowest BCUT2D eigenvalue weighted by Crippen LogP contribution is -2.51. The normalized spacial score (nSPS) is 16.8. The SMILES string of the molecule is CC(C)Oc1ccc(C(C)NC(=O)C2CNC2)cc1. The van der Waals surface area contributed by atoms with E-state index >= 15 is 0 Å². The van der Waals surface area contributed by atoms with Gasteiger partial charge >= 0.3 is 0 Å². The van der Waals surface area contributed by atoms with Crippen molar-refractivity contribution < 1.29 is 9.53 Å². The fourth-order valence-corrected chi connectivity index (χ4v) is 2.00. The van der Waals surface area contributed by atoms with Crippen LogP contribution in [0.2, 0.25) is 0 Å². The molecule has 1 aliphatic rings. The van der Waals surface area contributed by atoms with Crippen molar-refractivity contribution in [3.8, 4) is 5.75 Å². The highest BCUT2D eigenvalue weighted by Gasteiger charge is 2.25. The average Bonchev–Trinajstić information content (AvgIpc) is 2.26. The maximum Gasteiger partial charge on any atom is 0.226 e. The summed E-state index contributed by atoms with van der Waals surface area (Å²) in [6, 6.07) is 7.93. The Bertz CT molecular complexity index is 424. The number of hydrogen-bond acceptors (Lipinski definition) is 3. The van der Waals surface area contributed by atoms with E-state index < -0.39 is 0 Å². The molecule has 4 heteroatoms. The molecule has 1 aliphatic heterocycles. The van der Waals surface area contributed by atoms with Crippen LogP contribution in [-0.4, -0.2) is 25.1 Å². The second kappa shape index (κ2) is 6.06. The molecule has 4 nitrogen and oxygen atoms in total. The van der Waals surface area contributed by atoms with Crippen molar-refractivity contribution in [3.05, 3.63) is 29.8 Å². The summed E-state index contributed by atoms with van der Waals surface area (Å²) in [7, 11) is 0. The summed E-state index contributed by atoms with van der Waals surface area (Å²) in [6.45, 7) is 7.59. The molecule has 1 atom stereocenters. The smallest absolute Gasteiger partial charge is 0.226 e. The molecule has 0 saturated carbocycles. The van der Waals surface area contributed by atoms with Crippen LogP contribution in [0, 0.1) is 5.92 Å². The first-order chi connectivity index (χ1) is 9.06. The number of ether oxygens (including phenoxy) is 1. The van der Waals surface area contributed by atoms with Crippen LogP contribution >= 0.6 is 0 Å². The summed E-state index contributed by atoms with van der Waals surface area (Å²) in [4.78, 5) is 11.8. The van der Waals surface area contributed by atoms with Crippen LogP contribution in [-0.2, 0) is 4.79 Å². The molecule has 1 aromatic carbocycles. The fourth-order valence-electron chi connectivity index (χ4n) is 2.00. The predicted octanol–water partition coefficient (Wildman–Crippen LogP) is 1.87. The van der Waals surface area contributed by atoms with Crippen LogP contribution in [0.25, 0.3) is 0 Å². The van der Waals surface area contributed by atoms with Gasteiger partial charge in [-0.2, -0.15) is 0 Å². The average molecular weight is 262 g/mol. The van der Waals surface area contributed by atoms with Crippen LogP contribution in [0.5, 0.6) is 5.75 Å². The van der Waals surface area contributed by atoms with Gasteiger partial charge in [-0.15, -0.1) is 0 Å². The molecule has 0 aliphatic carbocycles. The Morgan fingerprint density at radius 1 is 1.26 bits per heavy atom. The van der Waals surface area contributed by atoms with Crippen LogP contribution in [0.1, 0.15) is 32.4 Å². The monoisotopic (exact) mass is 262 g/mol. The lowest BCUT2D eigenvalue weighted by Gasteiger charge is -2.27. The number of nitrogens with one attached hydrogen (secondary N) is 2. The summed E-state index contributed by atoms with van der Waals surface area (Å²) < 4.78 is 5.60. The van der Waals surface area contributed by atoms with Crippen LogP contribution in [0.3, 0.4) is 0 Å². The van der Waals surface area contributed by atoms with Crippen molar-refractivity contribution in [1.82, 2.24) is 10.6 Å². The van der Waals surface area contributed by atoms with Gasteiger partial charge in [-0.05, 0) is 38.5 Å². The van der Waals surface area contributed by atoms with Crippen molar-refractivity contribution in [1.29, 1.82) is 0 Å². The van der Waals surface area contributed by atoms with E-state index in [9.17, 15) is 4.79 Å². The van der Waals surface area contributed by atoms with Crippen molar-refractivity contribution >= 4 is 5.91 Å². The van der Waals surface area contributed by atoms with Crippen molar-refractivity contribution in [3.63, 3.8) is 0 Å². The zero-order valence-corrected chi connectivity index (χ0v) is 11.8. The zero-order chi connectivity index (χ0) is 13.8. The van der Waals surface area contributed by atoms with Gasteiger partial charge in [0.25, 0.3) is 0 Å². The van der Waals surface area contributed by atoms with E-state index in [1.165, 1.54) is 0 Å². The molecule has 0 spiro atoms. The molecule has 1 heterocycles. The predicted molar refractivity (Wildman–Crippen MR) is 75.1 cm³/mol. The Kier molecular flexibility index (Phi) is 4.43. The summed E-state index contributed by atoms with van der Waals surface area (Å²) >= 11 is 0. The van der Waals surface area contributed by atoms with E-state index in [4.69, 9.17) is 4.74 Å². The second-order valence-corrected chi connectivity index (χ2v) is 5.32. The molecule has 1 unspecified atom stereocenters. The Balaban J connectivity index is 1.91. The molecule has 1 saturated heterocycles. The molecule has 1 amide bonds. The van der Waals surface area contributed by atoms with E-state index in [-0.39, 0.29) is 24.0 Å². The fraction of sp³-hybridized carbons (Fsp3) is 0.533. The van der Waals surface area contributed by atoms with Crippen molar-refractivity contribution in [2.75, 3.05) is 13.1 Å². The maximum absolute atomic E-state index is 11.8. The van der Waals surface area contributed by atoms with Gasteiger partial charge in [-0.25, -0.2) is 0 Å². The Morgan fingerprint density at radius 3 is 2.37 bits per heavy atom. The quantitative estimate of drug-likeness (QED) is 0.851. The lowest BCUT2D eigenvalue weighted by molar-refractivity contribution is -0.127. The maximum atomic E-state index is 11.8. The highest BCUT2D eigenvalue weighted by molar-refractivity contribution is 5.80. The number of rotatable bonds is 5. The highest BCUT2D eigenvalue weighted by atomic mass is 16.5. The van der Waals surface area contributed by atoms with Gasteiger partial charge in [-0.1, -0.05) is 12.1 Å². The van der Waals surface area contributed by atoms with E-state index in [1.54, 1.807) is 0 Å². The Hall–Kier alpha value is -1.55. The molecular formula is C15H22N2O2. The summed E-state index contributed by atoms with van der Waals surface area (Å²) in [6.07, 6.45) is 0.175. The van der Waals surface area contributed by atoms with Crippen molar-refractivity contribution in [2.45, 2.75) is 32.9 Å². The Morgan fingerprint density at radius 2 is 1.89 bits per heavy atom. The molecule has 1 aromatic rings. The lowest BCUT2D eigenvalue weighted by atomic mass is 10.0. The van der Waals surface area contributed by atoms with E-state index in [1.807, 2.05) is 45.0 Å². The van der Waals surface area contributed by atoms with Crippen LogP contribution in [0.4, 0.5) is 0 Å². The van der Waals surface area contributed by atoms with E-state index in [0.29, 0.717) is 0 Å². The largest absolute Gasteiger partial charge is 0.491 e. The Labute approximate surface area is 114 Å². The first-order valence-electron chi connectivity index (χ1n) is 6.84. The zero-order valence-electron chi connectivity index (χ0n) is 11.8. The number of carbonyl (C=O) groups is 1. The van der Waals surface area contributed by atoms with Gasteiger partial charge in [-0.3, -0.25) is 4.79 Å². The number of benzene rings is 1. The van der Waals surface area contributed by atoms with E-state index in [2.05, 4.69) is 10.6 Å². The van der Waals surface area contributed by atoms with Crippen LogP contribution < -0.4 is 15.4 Å². The third kappa shape index (κ3) is 3.70. The molecule has 2 rings (SSSR count). The highest BCUT2D eigenvalue weighted by Crippen LogP contribution is 2.19. The minimum Gasteiger partial charge on any atom is -0.491 e. The molecule has 19 heavy (non-hydrogen) atoms. The van der Waals surface area contributed by atoms with Crippen LogP contribution in [0.15, 0.2) is 24.3 Å². The van der Waals surface area contributed by atoms with Gasteiger partial charge in [0, 0.05) is 13.1 Å². The standard InChI is InChI=1S/C15H22N2O2/c1-10(2)19-14-6-4-12(5-7-14)11(3)17-15(18)13-8-16-9-13/h4-7,10-11,13,16H,8-9H2,1-3H3,(H,17,18). The first kappa shape index (κ1) is 13.9. The van der Waals surface area contributed by atoms with Crippen molar-refractivity contribution in [2.24, 2.45) is 5.92 Å². The molecule has 0 bridgehead atoms. The third-order valence-corrected chi connectivity index (χ3v) is 3.26. The number of carbonyl (C=O) groups excluding carboxylic acids is 1. The molecular weight excluding hydrogens is 240 g/mol. The summed E-state index contributed by atoms with van der Waals surface area (Å²) in [5, 5.41) is 6.14. The van der Waals surface area contributed by atoms with Gasteiger partial charge in [0.05, 0.1) is 18.1 Å². The molecule has 0 aromatic heterocycles. The molecule has 2 N–H and O–H groups in total. The minimum absolute atomic E-state index is 0.0289. The first-order valence-corrected chi connectivity index (χ1v) is 6.84. The summed E-state index contributed by atoms with van der Waals surface area (Å²) in [5.41, 5.74) is 1.09. The van der Waals surface area contributed by atoms with Gasteiger partial charge in [0.15, 0.2) is 0 Å². The summed E-state index contributed by atoms with van der Waals surface area (Å²) in [5.74, 6) is 1.13. The van der Waals surface area contributed by atoms with Gasteiger partial charge in [0.1, 0.15) is 5.75 Å². The molecule has 0 radical (unpaired) electrons. The second-order valence-electron chi connectivity index (χ2n) is 5.32. The molecule has 104 valence electrons. The topological polar surface area (TPSA) is 50.4 Å². The third-order valence-electron chi connectivity index (χ3n) is 3.26. The molecule has 1 fully saturated rings. The minimum atomic E-state index is 0.0289. The van der Waals surface area contributed by atoms with Gasteiger partial charge in [0.2, 0.25) is 5.91 Å².